The summed E-state index contributed by atoms with van der Waals surface area (Å²) in [4.78, 5) is 50.8. The maximum Gasteiger partial charge on any atom is 0.408 e. The lowest BCUT2D eigenvalue weighted by atomic mass is 9.71. The van der Waals surface area contributed by atoms with Crippen molar-refractivity contribution in [2.75, 3.05) is 5.32 Å². The first-order valence-electron chi connectivity index (χ1n) is 11.6. The highest BCUT2D eigenvalue weighted by Gasteiger charge is 2.55. The predicted molar refractivity (Wildman–Crippen MR) is 115 cm³/mol. The van der Waals surface area contributed by atoms with Crippen LogP contribution in [0.15, 0.2) is 12.3 Å². The first kappa shape index (κ1) is 24.1. The van der Waals surface area contributed by atoms with E-state index in [0.29, 0.717) is 12.8 Å². The fourth-order valence-corrected chi connectivity index (χ4v) is 4.54. The molecule has 0 unspecified atom stereocenters. The molecule has 3 amide bonds. The van der Waals surface area contributed by atoms with Gasteiger partial charge in [0, 0.05) is 38.6 Å². The molecule has 3 aliphatic carbocycles. The van der Waals surface area contributed by atoms with Gasteiger partial charge in [-0.05, 0) is 25.7 Å². The zero-order valence-electron chi connectivity index (χ0n) is 18.9. The highest BCUT2D eigenvalue weighted by atomic mass is 19.1. The molecule has 34 heavy (non-hydrogen) atoms. The summed E-state index contributed by atoms with van der Waals surface area (Å²) in [5.41, 5.74) is -3.43. The molecule has 3 fully saturated rings. The molecule has 1 heterocycles. The number of anilines is 1. The Morgan fingerprint density at radius 3 is 2.47 bits per heavy atom. The van der Waals surface area contributed by atoms with E-state index in [9.17, 15) is 23.6 Å². The molecule has 1 aromatic heterocycles. The highest BCUT2D eigenvalue weighted by Crippen LogP contribution is 2.39. The van der Waals surface area contributed by atoms with Gasteiger partial charge in [0.1, 0.15) is 29.5 Å². The molecule has 1 atom stereocenters. The molecule has 0 bridgehead atoms. The van der Waals surface area contributed by atoms with Crippen molar-refractivity contribution in [2.45, 2.75) is 87.3 Å². The van der Waals surface area contributed by atoms with E-state index in [1.54, 1.807) is 13.2 Å². The van der Waals surface area contributed by atoms with Crippen LogP contribution in [0.5, 0.6) is 0 Å². The molecule has 3 saturated carbocycles. The minimum atomic E-state index is -1.78. The zero-order chi connectivity index (χ0) is 24.5. The number of ether oxygens (including phenoxy) is 1. The minimum Gasteiger partial charge on any atom is -0.446 e. The van der Waals surface area contributed by atoms with Crippen LogP contribution in [0, 0.1) is 0 Å². The lowest BCUT2D eigenvalue weighted by Gasteiger charge is -2.43. The summed E-state index contributed by atoms with van der Waals surface area (Å²) in [5.74, 6) is -2.82. The second-order valence-electron chi connectivity index (χ2n) is 9.60. The molecule has 0 aliphatic heterocycles. The van der Waals surface area contributed by atoms with E-state index in [1.807, 2.05) is 0 Å². The molecule has 3 aliphatic rings. The molecule has 4 rings (SSSR count). The van der Waals surface area contributed by atoms with E-state index in [2.05, 4.69) is 21.0 Å². The van der Waals surface area contributed by atoms with Gasteiger partial charge >= 0.3 is 6.09 Å². The number of rotatable bonds is 9. The van der Waals surface area contributed by atoms with Crippen LogP contribution in [-0.4, -0.2) is 63.0 Å². The molecule has 1 aromatic rings. The molecule has 186 valence electrons. The number of hydrogen-bond acceptors (Lipinski definition) is 6. The molecule has 3 N–H and O–H groups in total. The van der Waals surface area contributed by atoms with E-state index < -0.39 is 60.0 Å². The number of alkyl carbamates (subject to hydrolysis) is 1. The van der Waals surface area contributed by atoms with Gasteiger partial charge in [-0.3, -0.25) is 19.1 Å². The van der Waals surface area contributed by atoms with E-state index >= 15 is 4.39 Å². The van der Waals surface area contributed by atoms with Crippen LogP contribution in [0.1, 0.15) is 57.8 Å². The molecule has 10 nitrogen and oxygen atoms in total. The molecular formula is C22H29F2N5O5. The summed E-state index contributed by atoms with van der Waals surface area (Å²) in [6.45, 7) is 0. The first-order chi connectivity index (χ1) is 16.1. The molecule has 0 spiro atoms. The topological polar surface area (TPSA) is 131 Å². The number of carbonyl (C=O) groups excluding carboxylic acids is 4. The number of Topliss-reactive ketones (excluding diaryl/α,β-unsaturated/α-hetero) is 1. The fourth-order valence-electron chi connectivity index (χ4n) is 4.54. The summed E-state index contributed by atoms with van der Waals surface area (Å²) < 4.78 is 35.6. The van der Waals surface area contributed by atoms with Gasteiger partial charge in [0.05, 0.1) is 0 Å². The van der Waals surface area contributed by atoms with Crippen molar-refractivity contribution in [1.82, 2.24) is 20.4 Å². The summed E-state index contributed by atoms with van der Waals surface area (Å²) >= 11 is 0. The largest absolute Gasteiger partial charge is 0.446 e. The van der Waals surface area contributed by atoms with Gasteiger partial charge in [0.25, 0.3) is 5.91 Å². The Kier molecular flexibility index (Phi) is 6.59. The number of aryl methyl sites for hydroxylation is 1. The molecule has 0 aromatic carbocycles. The van der Waals surface area contributed by atoms with Crippen molar-refractivity contribution in [3.63, 3.8) is 0 Å². The van der Waals surface area contributed by atoms with Gasteiger partial charge in [-0.15, -0.1) is 0 Å². The normalized spacial score (nSPS) is 26.1. The number of aromatic nitrogens is 2. The van der Waals surface area contributed by atoms with Gasteiger partial charge in [0.2, 0.25) is 11.7 Å². The van der Waals surface area contributed by atoms with Crippen LogP contribution in [-0.2, 0) is 26.2 Å². The maximum absolute atomic E-state index is 15.2. The molecule has 0 saturated heterocycles. The Morgan fingerprint density at radius 2 is 1.91 bits per heavy atom. The summed E-state index contributed by atoms with van der Waals surface area (Å²) in [7, 11) is 1.63. The van der Waals surface area contributed by atoms with Crippen LogP contribution in [0.4, 0.5) is 19.4 Å². The van der Waals surface area contributed by atoms with Crippen LogP contribution < -0.4 is 16.0 Å². The number of hydrogen-bond donors (Lipinski definition) is 3. The van der Waals surface area contributed by atoms with E-state index in [4.69, 9.17) is 4.74 Å². The third kappa shape index (κ3) is 5.53. The fraction of sp³-hybridized carbons (Fsp3) is 0.682. The highest BCUT2D eigenvalue weighted by molar-refractivity contribution is 6.44. The lowest BCUT2D eigenvalue weighted by Crippen LogP contribution is -2.68. The third-order valence-electron chi connectivity index (χ3n) is 6.57. The van der Waals surface area contributed by atoms with Crippen LogP contribution >= 0.6 is 0 Å². The van der Waals surface area contributed by atoms with Gasteiger partial charge < -0.3 is 20.7 Å². The van der Waals surface area contributed by atoms with Gasteiger partial charge in [-0.25, -0.2) is 13.6 Å². The minimum absolute atomic E-state index is 0.126. The lowest BCUT2D eigenvalue weighted by molar-refractivity contribution is -0.146. The van der Waals surface area contributed by atoms with Crippen molar-refractivity contribution in [2.24, 2.45) is 7.05 Å². The van der Waals surface area contributed by atoms with Gasteiger partial charge in [-0.1, -0.05) is 12.8 Å². The number of nitrogens with zero attached hydrogens (tertiary/aromatic N) is 2. The van der Waals surface area contributed by atoms with Gasteiger partial charge in [0.15, 0.2) is 5.82 Å². The zero-order valence-corrected chi connectivity index (χ0v) is 18.9. The number of ketones is 1. The monoisotopic (exact) mass is 481 g/mol. The SMILES string of the molecule is Cn1ccc(NC(=O)C(=O)C2(NC(=O)[C@H](CC3(F)CCCC3)NC(=O)OC3CC3)CC(F)C2)n1. The van der Waals surface area contributed by atoms with E-state index in [0.717, 1.165) is 12.8 Å². The summed E-state index contributed by atoms with van der Waals surface area (Å²) in [6.07, 6.45) is 1.27. The van der Waals surface area contributed by atoms with Crippen LogP contribution in [0.3, 0.4) is 0 Å². The molecule has 0 radical (unpaired) electrons. The van der Waals surface area contributed by atoms with Crippen LogP contribution in [0.2, 0.25) is 0 Å². The van der Waals surface area contributed by atoms with Crippen molar-refractivity contribution in [1.29, 1.82) is 0 Å². The predicted octanol–water partition coefficient (Wildman–Crippen LogP) is 1.84. The quantitative estimate of drug-likeness (QED) is 0.462. The average Bonchev–Trinajstić information content (AvgIpc) is 3.30. The number of nitrogens with one attached hydrogen (secondary N) is 3. The van der Waals surface area contributed by atoms with Gasteiger partial charge in [-0.2, -0.15) is 5.10 Å². The first-order valence-corrected chi connectivity index (χ1v) is 11.6. The number of amides is 3. The molecular weight excluding hydrogens is 452 g/mol. The van der Waals surface area contributed by atoms with Crippen LogP contribution in [0.25, 0.3) is 0 Å². The Hall–Kier alpha value is -3.05. The van der Waals surface area contributed by atoms with Crippen molar-refractivity contribution >= 4 is 29.5 Å². The smallest absolute Gasteiger partial charge is 0.408 e. The Bertz CT molecular complexity index is 967. The van der Waals surface area contributed by atoms with E-state index in [-0.39, 0.29) is 31.2 Å². The standard InChI is InChI=1S/C22H29F2N5O5/c1-29-9-6-16(28-29)26-19(32)17(30)22(10-13(23)11-22)27-18(31)15(12-21(24)7-2-3-8-21)25-20(33)34-14-4-5-14/h6,9,13-15H,2-5,7-8,10-12H2,1H3,(H,25,33)(H,27,31)(H,26,28,32)/t13?,15-,22?/m0/s1. The number of alkyl halides is 2. The second kappa shape index (κ2) is 9.30. The summed E-state index contributed by atoms with van der Waals surface area (Å²) in [6, 6.07) is 0.139. The Labute approximate surface area is 195 Å². The second-order valence-corrected chi connectivity index (χ2v) is 9.60. The van der Waals surface area contributed by atoms with Crippen molar-refractivity contribution in [3.05, 3.63) is 12.3 Å². The van der Waals surface area contributed by atoms with Crippen molar-refractivity contribution < 1.29 is 32.7 Å². The third-order valence-corrected chi connectivity index (χ3v) is 6.57. The van der Waals surface area contributed by atoms with E-state index in [1.165, 1.54) is 10.7 Å². The Balaban J connectivity index is 1.46. The average molecular weight is 482 g/mol. The maximum atomic E-state index is 15.2. The molecule has 12 heteroatoms. The Morgan fingerprint density at radius 1 is 1.24 bits per heavy atom. The number of halogens is 2. The van der Waals surface area contributed by atoms with Crippen molar-refractivity contribution in [3.8, 4) is 0 Å². The summed E-state index contributed by atoms with van der Waals surface area (Å²) in [5, 5.41) is 11.1. The number of carbonyl (C=O) groups is 4.